The van der Waals surface area contributed by atoms with Crippen molar-refractivity contribution in [3.63, 3.8) is 0 Å². The molecule has 0 bridgehead atoms. The fourth-order valence-electron chi connectivity index (χ4n) is 4.25. The lowest BCUT2D eigenvalue weighted by atomic mass is 9.93. The standard InChI is InChI=1S/C28H22ClN3O4S2/c1-15-7-8-16(2)20(13-15)24(34)22-23(17-9-11-19(33)12-10-17)32(26(36)25(22)35)27-30-31-28(38-27)37-14-18-5-3-4-6-21(18)29/h3-13,23,33-34H,14H2,1-2H3. The van der Waals surface area contributed by atoms with Gasteiger partial charge in [0.05, 0.1) is 11.6 Å². The number of aryl methyl sites for hydroxylation is 2. The summed E-state index contributed by atoms with van der Waals surface area (Å²) in [4.78, 5) is 28.0. The Kier molecular flexibility index (Phi) is 7.25. The lowest BCUT2D eigenvalue weighted by Crippen LogP contribution is -2.29. The number of carbonyl (C=O) groups excluding carboxylic acids is 2. The summed E-state index contributed by atoms with van der Waals surface area (Å²) < 4.78 is 0.598. The third-order valence-corrected chi connectivity index (χ3v) is 8.69. The smallest absolute Gasteiger partial charge is 0.301 e. The van der Waals surface area contributed by atoms with Gasteiger partial charge in [-0.1, -0.05) is 82.7 Å². The van der Waals surface area contributed by atoms with Gasteiger partial charge in [-0.05, 0) is 54.8 Å². The number of benzene rings is 3. The van der Waals surface area contributed by atoms with Crippen LogP contribution in [0.1, 0.15) is 33.9 Å². The SMILES string of the molecule is Cc1ccc(C)c(C(O)=C2C(=O)C(=O)N(c3nnc(SCc4ccccc4Cl)s3)C2c2ccc(O)cc2)c1. The molecule has 1 unspecified atom stereocenters. The second-order valence-electron chi connectivity index (χ2n) is 8.81. The summed E-state index contributed by atoms with van der Waals surface area (Å²) in [7, 11) is 0. The first-order valence-electron chi connectivity index (χ1n) is 11.6. The number of anilines is 1. The molecule has 10 heteroatoms. The maximum atomic E-state index is 13.4. The number of phenolic OH excluding ortho intramolecular Hbond substituents is 1. The molecule has 1 atom stereocenters. The van der Waals surface area contributed by atoms with Gasteiger partial charge in [0.1, 0.15) is 11.5 Å². The second-order valence-corrected chi connectivity index (χ2v) is 11.4. The van der Waals surface area contributed by atoms with E-state index in [0.717, 1.165) is 16.7 Å². The number of Topliss-reactive ketones (excluding diaryl/α,β-unsaturated/α-hetero) is 1. The van der Waals surface area contributed by atoms with Crippen molar-refractivity contribution >= 4 is 57.3 Å². The van der Waals surface area contributed by atoms with Gasteiger partial charge in [0, 0.05) is 16.3 Å². The molecule has 192 valence electrons. The van der Waals surface area contributed by atoms with E-state index in [2.05, 4.69) is 10.2 Å². The molecule has 7 nitrogen and oxygen atoms in total. The van der Waals surface area contributed by atoms with Crippen molar-refractivity contribution in [3.8, 4) is 5.75 Å². The lowest BCUT2D eigenvalue weighted by Gasteiger charge is -2.22. The topological polar surface area (TPSA) is 104 Å². The molecular formula is C28H22ClN3O4S2. The number of carbonyl (C=O) groups is 2. The molecule has 4 aromatic rings. The number of amides is 1. The van der Waals surface area contributed by atoms with Gasteiger partial charge in [-0.25, -0.2) is 0 Å². The van der Waals surface area contributed by atoms with Crippen molar-refractivity contribution in [1.82, 2.24) is 10.2 Å². The molecule has 1 amide bonds. The summed E-state index contributed by atoms with van der Waals surface area (Å²) in [6, 6.07) is 18.3. The van der Waals surface area contributed by atoms with Gasteiger partial charge in [0.15, 0.2) is 4.34 Å². The van der Waals surface area contributed by atoms with Crippen molar-refractivity contribution in [2.45, 2.75) is 30.0 Å². The highest BCUT2D eigenvalue weighted by atomic mass is 35.5. The fourth-order valence-corrected chi connectivity index (χ4v) is 6.40. The van der Waals surface area contributed by atoms with Gasteiger partial charge >= 0.3 is 5.91 Å². The van der Waals surface area contributed by atoms with Crippen LogP contribution in [0, 0.1) is 13.8 Å². The summed E-state index contributed by atoms with van der Waals surface area (Å²) in [6.07, 6.45) is 0. The Morgan fingerprint density at radius 3 is 2.53 bits per heavy atom. The summed E-state index contributed by atoms with van der Waals surface area (Å²) >= 11 is 8.86. The third kappa shape index (κ3) is 4.92. The van der Waals surface area contributed by atoms with Gasteiger partial charge < -0.3 is 10.2 Å². The molecule has 2 heterocycles. The van der Waals surface area contributed by atoms with Gasteiger partial charge in [-0.15, -0.1) is 10.2 Å². The zero-order chi connectivity index (χ0) is 27.0. The molecular weight excluding hydrogens is 542 g/mol. The summed E-state index contributed by atoms with van der Waals surface area (Å²) in [5.41, 5.74) is 3.56. The molecule has 0 aliphatic carbocycles. The second kappa shape index (κ2) is 10.6. The molecule has 1 aromatic heterocycles. The van der Waals surface area contributed by atoms with Crippen molar-refractivity contribution in [2.24, 2.45) is 0 Å². The number of aromatic hydroxyl groups is 1. The monoisotopic (exact) mass is 563 g/mol. The average Bonchev–Trinajstić information content (AvgIpc) is 3.47. The van der Waals surface area contributed by atoms with Crippen LogP contribution in [-0.4, -0.2) is 32.1 Å². The molecule has 1 aliphatic heterocycles. The third-order valence-electron chi connectivity index (χ3n) is 6.21. The highest BCUT2D eigenvalue weighted by Crippen LogP contribution is 2.44. The van der Waals surface area contributed by atoms with Gasteiger partial charge in [-0.3, -0.25) is 14.5 Å². The van der Waals surface area contributed by atoms with Crippen LogP contribution in [0.4, 0.5) is 5.13 Å². The number of ketones is 1. The quantitative estimate of drug-likeness (QED) is 0.0915. The first-order valence-corrected chi connectivity index (χ1v) is 13.8. The Morgan fingerprint density at radius 2 is 1.79 bits per heavy atom. The Hall–Kier alpha value is -3.66. The van der Waals surface area contributed by atoms with E-state index < -0.39 is 17.7 Å². The Balaban J connectivity index is 1.57. The number of aromatic nitrogens is 2. The minimum atomic E-state index is -0.954. The molecule has 1 fully saturated rings. The van der Waals surface area contributed by atoms with E-state index in [0.29, 0.717) is 26.2 Å². The molecule has 0 saturated carbocycles. The van der Waals surface area contributed by atoms with Crippen LogP contribution in [0.2, 0.25) is 5.02 Å². The maximum Gasteiger partial charge on any atom is 0.301 e. The van der Waals surface area contributed by atoms with Crippen LogP contribution in [-0.2, 0) is 15.3 Å². The fraction of sp³-hybridized carbons (Fsp3) is 0.143. The van der Waals surface area contributed by atoms with E-state index in [1.165, 1.54) is 40.1 Å². The number of halogens is 1. The highest BCUT2D eigenvalue weighted by Gasteiger charge is 2.48. The maximum absolute atomic E-state index is 13.4. The first kappa shape index (κ1) is 26.0. The molecule has 5 rings (SSSR count). The molecule has 1 aliphatic rings. The van der Waals surface area contributed by atoms with Gasteiger partial charge in [0.2, 0.25) is 5.13 Å². The average molecular weight is 564 g/mol. The molecule has 2 N–H and O–H groups in total. The molecule has 0 radical (unpaired) electrons. The Bertz CT molecular complexity index is 1580. The van der Waals surface area contributed by atoms with Crippen LogP contribution in [0.25, 0.3) is 5.76 Å². The summed E-state index contributed by atoms with van der Waals surface area (Å²) in [5.74, 6) is -1.30. The normalized spacial score (nSPS) is 16.8. The number of phenols is 1. The van der Waals surface area contributed by atoms with Gasteiger partial charge in [0.25, 0.3) is 5.78 Å². The molecule has 3 aromatic carbocycles. The number of hydrogen-bond donors (Lipinski definition) is 2. The number of rotatable bonds is 6. The minimum absolute atomic E-state index is 0.0365. The van der Waals surface area contributed by atoms with Gasteiger partial charge in [-0.2, -0.15) is 0 Å². The predicted octanol–water partition coefficient (Wildman–Crippen LogP) is 6.43. The van der Waals surface area contributed by atoms with E-state index in [9.17, 15) is 19.8 Å². The molecule has 38 heavy (non-hydrogen) atoms. The minimum Gasteiger partial charge on any atom is -0.508 e. The van der Waals surface area contributed by atoms with Crippen LogP contribution in [0.3, 0.4) is 0 Å². The van der Waals surface area contributed by atoms with Crippen molar-refractivity contribution < 1.29 is 19.8 Å². The zero-order valence-electron chi connectivity index (χ0n) is 20.4. The summed E-state index contributed by atoms with van der Waals surface area (Å²) in [5, 5.41) is 30.6. The highest BCUT2D eigenvalue weighted by molar-refractivity contribution is 8.00. The van der Waals surface area contributed by atoms with Crippen LogP contribution in [0.15, 0.2) is 76.6 Å². The Labute approximate surface area is 232 Å². The van der Waals surface area contributed by atoms with Crippen molar-refractivity contribution in [1.29, 1.82) is 0 Å². The Morgan fingerprint density at radius 1 is 1.05 bits per heavy atom. The largest absolute Gasteiger partial charge is 0.508 e. The number of aliphatic hydroxyl groups excluding tert-OH is 1. The molecule has 1 saturated heterocycles. The van der Waals surface area contributed by atoms with Crippen molar-refractivity contribution in [2.75, 3.05) is 4.90 Å². The number of aliphatic hydroxyl groups is 1. The number of nitrogens with zero attached hydrogens (tertiary/aromatic N) is 3. The predicted molar refractivity (Wildman–Crippen MR) is 150 cm³/mol. The van der Waals surface area contributed by atoms with E-state index in [-0.39, 0.29) is 22.2 Å². The van der Waals surface area contributed by atoms with Crippen LogP contribution in [0.5, 0.6) is 5.75 Å². The van der Waals surface area contributed by atoms with E-state index in [1.54, 1.807) is 18.2 Å². The van der Waals surface area contributed by atoms with Crippen LogP contribution >= 0.6 is 34.7 Å². The van der Waals surface area contributed by atoms with E-state index in [4.69, 9.17) is 11.6 Å². The van der Waals surface area contributed by atoms with Crippen LogP contribution < -0.4 is 4.90 Å². The number of thioether (sulfide) groups is 1. The summed E-state index contributed by atoms with van der Waals surface area (Å²) in [6.45, 7) is 3.71. The number of hydrogen-bond acceptors (Lipinski definition) is 8. The first-order chi connectivity index (χ1) is 18.2. The van der Waals surface area contributed by atoms with Crippen molar-refractivity contribution in [3.05, 3.63) is 105 Å². The van der Waals surface area contributed by atoms with E-state index >= 15 is 0 Å². The zero-order valence-corrected chi connectivity index (χ0v) is 22.8. The molecule has 0 spiro atoms. The van der Waals surface area contributed by atoms with E-state index in [1.807, 2.05) is 50.2 Å². The lowest BCUT2D eigenvalue weighted by molar-refractivity contribution is -0.132.